The smallest absolute Gasteiger partial charge is 0.222 e. The average Bonchev–Trinajstić information content (AvgIpc) is 2.29. The van der Waals surface area contributed by atoms with Gasteiger partial charge in [-0.05, 0) is 18.6 Å². The molecule has 0 atom stereocenters. The molecule has 0 saturated heterocycles. The SMILES string of the molecule is Cc1cccc2c1C(=O)C(=S)N2. The number of hydrogen-bond donors (Lipinski definition) is 1. The maximum atomic E-state index is 11.4. The number of nitrogens with one attached hydrogen (secondary N) is 1. The van der Waals surface area contributed by atoms with Crippen LogP contribution in [0.25, 0.3) is 0 Å². The number of Topliss-reactive ketones (excluding diaryl/α,β-unsaturated/α-hetero) is 1. The maximum absolute atomic E-state index is 11.4. The molecule has 1 heterocycles. The minimum absolute atomic E-state index is 0.0573. The standard InChI is InChI=1S/C9H7NOS/c1-5-3-2-4-6-7(5)8(11)9(12)10-6/h2-4H,1H3,(H,10,11,12). The van der Waals surface area contributed by atoms with Gasteiger partial charge in [0.05, 0.1) is 11.3 Å². The second-order valence-corrected chi connectivity index (χ2v) is 3.19. The van der Waals surface area contributed by atoms with Gasteiger partial charge in [0.2, 0.25) is 5.78 Å². The number of hydrogen-bond acceptors (Lipinski definition) is 2. The molecule has 0 bridgehead atoms. The number of rotatable bonds is 0. The molecule has 2 rings (SSSR count). The molecule has 1 aliphatic rings. The van der Waals surface area contributed by atoms with Crippen molar-refractivity contribution in [3.63, 3.8) is 0 Å². The van der Waals surface area contributed by atoms with Gasteiger partial charge < -0.3 is 5.32 Å². The third-order valence-electron chi connectivity index (χ3n) is 1.95. The van der Waals surface area contributed by atoms with E-state index in [9.17, 15) is 4.79 Å². The number of aryl methyl sites for hydroxylation is 1. The molecule has 0 amide bonds. The number of carbonyl (C=O) groups excluding carboxylic acids is 1. The summed E-state index contributed by atoms with van der Waals surface area (Å²) in [5, 5.41) is 2.87. The van der Waals surface area contributed by atoms with Gasteiger partial charge in [0.1, 0.15) is 0 Å². The minimum atomic E-state index is -0.0573. The molecule has 0 fully saturated rings. The van der Waals surface area contributed by atoms with Crippen molar-refractivity contribution in [3.8, 4) is 0 Å². The molecule has 3 heteroatoms. The summed E-state index contributed by atoms with van der Waals surface area (Å²) in [5.41, 5.74) is 2.54. The molecule has 0 aromatic heterocycles. The van der Waals surface area contributed by atoms with Gasteiger partial charge in [-0.2, -0.15) is 0 Å². The predicted molar refractivity (Wildman–Crippen MR) is 51.7 cm³/mol. The van der Waals surface area contributed by atoms with Gasteiger partial charge in [0.15, 0.2) is 4.99 Å². The van der Waals surface area contributed by atoms with Crippen molar-refractivity contribution < 1.29 is 4.79 Å². The zero-order chi connectivity index (χ0) is 8.72. The first kappa shape index (κ1) is 7.43. The first-order chi connectivity index (χ1) is 5.70. The van der Waals surface area contributed by atoms with Crippen LogP contribution in [-0.4, -0.2) is 10.8 Å². The van der Waals surface area contributed by atoms with E-state index in [-0.39, 0.29) is 5.78 Å². The molecule has 0 spiro atoms. The first-order valence-electron chi connectivity index (χ1n) is 3.65. The van der Waals surface area contributed by atoms with E-state index in [1.54, 1.807) is 0 Å². The van der Waals surface area contributed by atoms with E-state index in [1.807, 2.05) is 25.1 Å². The molecule has 1 N–H and O–H groups in total. The lowest BCUT2D eigenvalue weighted by molar-refractivity contribution is 0.107. The van der Waals surface area contributed by atoms with Crippen LogP contribution >= 0.6 is 12.2 Å². The van der Waals surface area contributed by atoms with E-state index in [0.29, 0.717) is 4.99 Å². The summed E-state index contributed by atoms with van der Waals surface area (Å²) in [5.74, 6) is -0.0573. The largest absolute Gasteiger partial charge is 0.343 e. The monoisotopic (exact) mass is 177 g/mol. The van der Waals surface area contributed by atoms with Crippen molar-refractivity contribution in [3.05, 3.63) is 29.3 Å². The zero-order valence-corrected chi connectivity index (χ0v) is 7.37. The molecule has 0 saturated carbocycles. The molecule has 12 heavy (non-hydrogen) atoms. The Hall–Kier alpha value is -1.22. The van der Waals surface area contributed by atoms with E-state index >= 15 is 0 Å². The van der Waals surface area contributed by atoms with Gasteiger partial charge in [0, 0.05) is 0 Å². The Bertz CT molecular complexity index is 384. The van der Waals surface area contributed by atoms with Crippen molar-refractivity contribution in [1.82, 2.24) is 0 Å². The highest BCUT2D eigenvalue weighted by Crippen LogP contribution is 2.25. The maximum Gasteiger partial charge on any atom is 0.222 e. The van der Waals surface area contributed by atoms with E-state index in [0.717, 1.165) is 16.8 Å². The van der Waals surface area contributed by atoms with E-state index in [4.69, 9.17) is 12.2 Å². The number of anilines is 1. The highest BCUT2D eigenvalue weighted by Gasteiger charge is 2.25. The summed E-state index contributed by atoms with van der Waals surface area (Å²) < 4.78 is 0. The van der Waals surface area contributed by atoms with Crippen LogP contribution in [0.1, 0.15) is 15.9 Å². The minimum Gasteiger partial charge on any atom is -0.343 e. The van der Waals surface area contributed by atoms with Crippen LogP contribution in [0.3, 0.4) is 0 Å². The van der Waals surface area contributed by atoms with E-state index in [2.05, 4.69) is 5.32 Å². The summed E-state index contributed by atoms with van der Waals surface area (Å²) in [4.78, 5) is 11.7. The molecule has 1 aromatic carbocycles. The number of carbonyl (C=O) groups is 1. The third kappa shape index (κ3) is 0.865. The summed E-state index contributed by atoms with van der Waals surface area (Å²) in [6.45, 7) is 1.91. The highest BCUT2D eigenvalue weighted by atomic mass is 32.1. The quantitative estimate of drug-likeness (QED) is 0.614. The van der Waals surface area contributed by atoms with Gasteiger partial charge in [-0.1, -0.05) is 24.4 Å². The van der Waals surface area contributed by atoms with Crippen LogP contribution in [0, 0.1) is 6.92 Å². The molecular formula is C9H7NOS. The normalized spacial score (nSPS) is 14.4. The second-order valence-electron chi connectivity index (χ2n) is 2.78. The topological polar surface area (TPSA) is 29.1 Å². The molecular weight excluding hydrogens is 170 g/mol. The lowest BCUT2D eigenvalue weighted by Crippen LogP contribution is -2.10. The Kier molecular flexibility index (Phi) is 1.48. The van der Waals surface area contributed by atoms with Crippen molar-refractivity contribution in [2.24, 2.45) is 0 Å². The Balaban J connectivity index is 2.70. The first-order valence-corrected chi connectivity index (χ1v) is 4.06. The fourth-order valence-corrected chi connectivity index (χ4v) is 1.58. The van der Waals surface area contributed by atoms with Crippen LogP contribution in [0.4, 0.5) is 5.69 Å². The Morgan fingerprint density at radius 1 is 1.42 bits per heavy atom. The predicted octanol–water partition coefficient (Wildman–Crippen LogP) is 1.93. The summed E-state index contributed by atoms with van der Waals surface area (Å²) in [6, 6.07) is 5.67. The van der Waals surface area contributed by atoms with Crippen LogP contribution in [0.15, 0.2) is 18.2 Å². The van der Waals surface area contributed by atoms with E-state index in [1.165, 1.54) is 0 Å². The van der Waals surface area contributed by atoms with Crippen LogP contribution < -0.4 is 5.32 Å². The summed E-state index contributed by atoms with van der Waals surface area (Å²) in [7, 11) is 0. The number of benzene rings is 1. The van der Waals surface area contributed by atoms with Crippen molar-refractivity contribution >= 4 is 28.7 Å². The van der Waals surface area contributed by atoms with Gasteiger partial charge >= 0.3 is 0 Å². The van der Waals surface area contributed by atoms with Crippen molar-refractivity contribution in [2.75, 3.05) is 5.32 Å². The van der Waals surface area contributed by atoms with Gasteiger partial charge in [-0.15, -0.1) is 0 Å². The third-order valence-corrected chi connectivity index (χ3v) is 2.24. The second kappa shape index (κ2) is 2.38. The van der Waals surface area contributed by atoms with E-state index < -0.39 is 0 Å². The zero-order valence-electron chi connectivity index (χ0n) is 6.55. The van der Waals surface area contributed by atoms with Crippen LogP contribution in [0.2, 0.25) is 0 Å². The molecule has 1 aromatic rings. The van der Waals surface area contributed by atoms with Crippen molar-refractivity contribution in [2.45, 2.75) is 6.92 Å². The van der Waals surface area contributed by atoms with Gasteiger partial charge in [-0.25, -0.2) is 0 Å². The lowest BCUT2D eigenvalue weighted by Gasteiger charge is -1.98. The molecule has 1 aliphatic heterocycles. The number of fused-ring (bicyclic) bond motifs is 1. The number of ketones is 1. The summed E-state index contributed by atoms with van der Waals surface area (Å²) in [6.07, 6.45) is 0. The van der Waals surface area contributed by atoms with Crippen LogP contribution in [-0.2, 0) is 0 Å². The molecule has 0 aliphatic carbocycles. The Morgan fingerprint density at radius 3 is 2.83 bits per heavy atom. The Morgan fingerprint density at radius 2 is 2.17 bits per heavy atom. The summed E-state index contributed by atoms with van der Waals surface area (Å²) >= 11 is 4.85. The molecule has 0 radical (unpaired) electrons. The van der Waals surface area contributed by atoms with Gasteiger partial charge in [0.25, 0.3) is 0 Å². The molecule has 2 nitrogen and oxygen atoms in total. The Labute approximate surface area is 75.6 Å². The molecule has 0 unspecified atom stereocenters. The number of thiocarbonyl (C=S) groups is 1. The lowest BCUT2D eigenvalue weighted by atomic mass is 10.1. The average molecular weight is 177 g/mol. The van der Waals surface area contributed by atoms with Crippen LogP contribution in [0.5, 0.6) is 0 Å². The van der Waals surface area contributed by atoms with Gasteiger partial charge in [-0.3, -0.25) is 4.79 Å². The highest BCUT2D eigenvalue weighted by molar-refractivity contribution is 7.82. The van der Waals surface area contributed by atoms with Crippen molar-refractivity contribution in [1.29, 1.82) is 0 Å². The fourth-order valence-electron chi connectivity index (χ4n) is 1.37. The fraction of sp³-hybridized carbons (Fsp3) is 0.111. The molecule has 60 valence electrons.